The van der Waals surface area contributed by atoms with Crippen LogP contribution in [0.1, 0.15) is 43.6 Å². The van der Waals surface area contributed by atoms with Crippen molar-refractivity contribution in [2.45, 2.75) is 44.1 Å². The lowest BCUT2D eigenvalue weighted by Crippen LogP contribution is -2.45. The Kier molecular flexibility index (Phi) is 4.16. The van der Waals surface area contributed by atoms with Gasteiger partial charge in [0.25, 0.3) is 0 Å². The van der Waals surface area contributed by atoms with Crippen LogP contribution in [0.25, 0.3) is 0 Å². The number of fused-ring (bicyclic) bond motifs is 1. The van der Waals surface area contributed by atoms with E-state index in [9.17, 15) is 0 Å². The quantitative estimate of drug-likeness (QED) is 0.843. The van der Waals surface area contributed by atoms with Crippen molar-refractivity contribution >= 4 is 0 Å². The largest absolute Gasteiger partial charge is 0.493 e. The molecular weight excluding hydrogens is 250 g/mol. The number of nitrogens with zero attached hydrogens (tertiary/aromatic N) is 1. The Balaban J connectivity index is 1.76. The van der Waals surface area contributed by atoms with Crippen LogP contribution in [0.5, 0.6) is 11.5 Å². The van der Waals surface area contributed by atoms with Gasteiger partial charge in [-0.3, -0.25) is 4.90 Å². The van der Waals surface area contributed by atoms with Crippen molar-refractivity contribution in [1.29, 1.82) is 0 Å². The molecule has 0 radical (unpaired) electrons. The van der Waals surface area contributed by atoms with Gasteiger partial charge in [-0.25, -0.2) is 0 Å². The molecule has 0 aromatic heterocycles. The molecule has 2 aliphatic rings. The molecular formula is C17H25NO2. The monoisotopic (exact) mass is 275 g/mol. The molecule has 1 aromatic carbocycles. The van der Waals surface area contributed by atoms with Crippen LogP contribution < -0.4 is 9.47 Å². The maximum absolute atomic E-state index is 5.44. The first-order chi connectivity index (χ1) is 9.81. The van der Waals surface area contributed by atoms with E-state index in [0.717, 1.165) is 17.5 Å². The van der Waals surface area contributed by atoms with Gasteiger partial charge in [-0.05, 0) is 55.8 Å². The second-order valence-corrected chi connectivity index (χ2v) is 6.03. The van der Waals surface area contributed by atoms with Crippen molar-refractivity contribution in [2.75, 3.05) is 27.3 Å². The standard InChI is InChI=1S/C17H25NO2/c1-19-16-9-7-13(11-17(16)20-2)14-6-8-15-5-3-4-10-18(15)12-14/h7,9,11,14-15H,3-6,8,10,12H2,1-2H3/t14-,15+/m0/s1. The third kappa shape index (κ3) is 2.64. The lowest BCUT2D eigenvalue weighted by molar-refractivity contribution is 0.0958. The van der Waals surface area contributed by atoms with Gasteiger partial charge in [0, 0.05) is 12.6 Å². The summed E-state index contributed by atoms with van der Waals surface area (Å²) in [6.07, 6.45) is 6.84. The van der Waals surface area contributed by atoms with Crippen LogP contribution in [0.15, 0.2) is 18.2 Å². The highest BCUT2D eigenvalue weighted by molar-refractivity contribution is 5.44. The van der Waals surface area contributed by atoms with E-state index < -0.39 is 0 Å². The van der Waals surface area contributed by atoms with Crippen LogP contribution in [0.2, 0.25) is 0 Å². The van der Waals surface area contributed by atoms with Crippen molar-refractivity contribution in [3.8, 4) is 11.5 Å². The van der Waals surface area contributed by atoms with Gasteiger partial charge < -0.3 is 9.47 Å². The molecule has 3 rings (SSSR count). The van der Waals surface area contributed by atoms with Gasteiger partial charge in [-0.15, -0.1) is 0 Å². The Morgan fingerprint density at radius 1 is 1.00 bits per heavy atom. The molecule has 0 saturated carbocycles. The van der Waals surface area contributed by atoms with Gasteiger partial charge in [0.15, 0.2) is 11.5 Å². The molecule has 2 heterocycles. The van der Waals surface area contributed by atoms with Gasteiger partial charge in [0.05, 0.1) is 14.2 Å². The van der Waals surface area contributed by atoms with Crippen molar-refractivity contribution in [2.24, 2.45) is 0 Å². The molecule has 2 saturated heterocycles. The lowest BCUT2D eigenvalue weighted by atomic mass is 9.84. The molecule has 2 aliphatic heterocycles. The highest BCUT2D eigenvalue weighted by Gasteiger charge is 2.30. The highest BCUT2D eigenvalue weighted by atomic mass is 16.5. The smallest absolute Gasteiger partial charge is 0.160 e. The fourth-order valence-corrected chi connectivity index (χ4v) is 3.77. The molecule has 20 heavy (non-hydrogen) atoms. The average Bonchev–Trinajstić information content (AvgIpc) is 2.53. The number of piperidine rings is 2. The maximum Gasteiger partial charge on any atom is 0.160 e. The first-order valence-electron chi connectivity index (χ1n) is 7.78. The van der Waals surface area contributed by atoms with Crippen molar-refractivity contribution in [3.63, 3.8) is 0 Å². The Hall–Kier alpha value is -1.22. The molecule has 0 N–H and O–H groups in total. The molecule has 2 atom stereocenters. The highest BCUT2D eigenvalue weighted by Crippen LogP contribution is 2.37. The Bertz CT molecular complexity index is 460. The Labute approximate surface area is 121 Å². The maximum atomic E-state index is 5.44. The predicted molar refractivity (Wildman–Crippen MR) is 80.7 cm³/mol. The van der Waals surface area contributed by atoms with Gasteiger partial charge in [-0.1, -0.05) is 12.5 Å². The van der Waals surface area contributed by atoms with Crippen molar-refractivity contribution in [3.05, 3.63) is 23.8 Å². The van der Waals surface area contributed by atoms with E-state index >= 15 is 0 Å². The zero-order valence-corrected chi connectivity index (χ0v) is 12.6. The van der Waals surface area contributed by atoms with E-state index in [0.29, 0.717) is 5.92 Å². The normalized spacial score (nSPS) is 26.9. The minimum absolute atomic E-state index is 0.643. The van der Waals surface area contributed by atoms with Crippen LogP contribution in [-0.4, -0.2) is 38.3 Å². The molecule has 0 unspecified atom stereocenters. The second kappa shape index (κ2) is 6.04. The Morgan fingerprint density at radius 3 is 2.65 bits per heavy atom. The van der Waals surface area contributed by atoms with E-state index in [-0.39, 0.29) is 0 Å². The van der Waals surface area contributed by atoms with Crippen LogP contribution in [0.4, 0.5) is 0 Å². The molecule has 0 bridgehead atoms. The fraction of sp³-hybridized carbons (Fsp3) is 0.647. The van der Waals surface area contributed by atoms with Crippen LogP contribution in [-0.2, 0) is 0 Å². The van der Waals surface area contributed by atoms with Crippen molar-refractivity contribution in [1.82, 2.24) is 4.90 Å². The fourth-order valence-electron chi connectivity index (χ4n) is 3.77. The van der Waals surface area contributed by atoms with E-state index in [2.05, 4.69) is 17.0 Å². The summed E-state index contributed by atoms with van der Waals surface area (Å²) in [7, 11) is 3.40. The summed E-state index contributed by atoms with van der Waals surface area (Å²) < 4.78 is 10.8. The first-order valence-corrected chi connectivity index (χ1v) is 7.78. The summed E-state index contributed by atoms with van der Waals surface area (Å²) in [5.74, 6) is 2.32. The van der Waals surface area contributed by atoms with Gasteiger partial charge >= 0.3 is 0 Å². The third-order valence-electron chi connectivity index (χ3n) is 4.93. The summed E-state index contributed by atoms with van der Waals surface area (Å²) in [6.45, 7) is 2.49. The number of hydrogen-bond donors (Lipinski definition) is 0. The zero-order chi connectivity index (χ0) is 13.9. The van der Waals surface area contributed by atoms with Crippen LogP contribution in [0, 0.1) is 0 Å². The van der Waals surface area contributed by atoms with Crippen LogP contribution in [0.3, 0.4) is 0 Å². The summed E-state index contributed by atoms with van der Waals surface area (Å²) in [4.78, 5) is 2.70. The molecule has 2 fully saturated rings. The van der Waals surface area contributed by atoms with E-state index in [4.69, 9.17) is 9.47 Å². The summed E-state index contributed by atoms with van der Waals surface area (Å²) >= 11 is 0. The van der Waals surface area contributed by atoms with Gasteiger partial charge in [-0.2, -0.15) is 0 Å². The lowest BCUT2D eigenvalue weighted by Gasteiger charge is -2.42. The van der Waals surface area contributed by atoms with Gasteiger partial charge in [0.2, 0.25) is 0 Å². The summed E-state index contributed by atoms with van der Waals surface area (Å²) in [6, 6.07) is 7.25. The molecule has 3 nitrogen and oxygen atoms in total. The van der Waals surface area contributed by atoms with E-state index in [1.54, 1.807) is 14.2 Å². The number of benzene rings is 1. The minimum Gasteiger partial charge on any atom is -0.493 e. The molecule has 0 spiro atoms. The third-order valence-corrected chi connectivity index (χ3v) is 4.93. The average molecular weight is 275 g/mol. The molecule has 1 aromatic rings. The predicted octanol–water partition coefficient (Wildman–Crippen LogP) is 3.44. The molecule has 0 amide bonds. The number of methoxy groups -OCH3 is 2. The Morgan fingerprint density at radius 2 is 1.85 bits per heavy atom. The number of ether oxygens (including phenoxy) is 2. The van der Waals surface area contributed by atoms with Crippen LogP contribution >= 0.6 is 0 Å². The first kappa shape index (κ1) is 13.7. The van der Waals surface area contributed by atoms with E-state index in [1.807, 2.05) is 6.07 Å². The number of hydrogen-bond acceptors (Lipinski definition) is 3. The van der Waals surface area contributed by atoms with Crippen molar-refractivity contribution < 1.29 is 9.47 Å². The topological polar surface area (TPSA) is 21.7 Å². The molecule has 110 valence electrons. The summed E-state index contributed by atoms with van der Waals surface area (Å²) in [5.41, 5.74) is 1.40. The minimum atomic E-state index is 0.643. The molecule has 3 heteroatoms. The molecule has 0 aliphatic carbocycles. The number of rotatable bonds is 3. The SMILES string of the molecule is COc1ccc([C@H]2CC[C@H]3CCCCN3C2)cc1OC. The second-order valence-electron chi connectivity index (χ2n) is 6.03. The summed E-state index contributed by atoms with van der Waals surface area (Å²) in [5, 5.41) is 0. The zero-order valence-electron chi connectivity index (χ0n) is 12.6. The van der Waals surface area contributed by atoms with Gasteiger partial charge in [0.1, 0.15) is 0 Å². The van der Waals surface area contributed by atoms with E-state index in [1.165, 1.54) is 50.8 Å².